The van der Waals surface area contributed by atoms with Crippen LogP contribution in [0.15, 0.2) is 42.2 Å². The van der Waals surface area contributed by atoms with Gasteiger partial charge >= 0.3 is 13.6 Å². The second-order valence-electron chi connectivity index (χ2n) is 4.74. The predicted octanol–water partition coefficient (Wildman–Crippen LogP) is 2.65. The van der Waals surface area contributed by atoms with E-state index in [2.05, 4.69) is 6.58 Å². The van der Waals surface area contributed by atoms with Crippen LogP contribution in [0.1, 0.15) is 18.6 Å². The number of esters is 1. The zero-order valence-electron chi connectivity index (χ0n) is 12.3. The Hall–Kier alpha value is -1.46. The summed E-state index contributed by atoms with van der Waals surface area (Å²) in [6.45, 7) is 5.79. The Bertz CT molecular complexity index is 575. The molecule has 2 unspecified atom stereocenters. The summed E-state index contributed by atoms with van der Waals surface area (Å²) in [5.74, 6) is -1.93. The fraction of sp³-hybridized carbons (Fsp3) is 0.400. The lowest BCUT2D eigenvalue weighted by Gasteiger charge is -2.25. The Labute approximate surface area is 129 Å². The number of carbonyl (C=O) groups excluding carboxylic acids is 1. The first-order chi connectivity index (χ1) is 10.5. The molecule has 7 heteroatoms. The maximum Gasteiger partial charge on any atom is 0.357 e. The van der Waals surface area contributed by atoms with Gasteiger partial charge in [-0.3, -0.25) is 9.36 Å². The minimum absolute atomic E-state index is 0.0835. The van der Waals surface area contributed by atoms with Gasteiger partial charge in [0.25, 0.3) is 0 Å². The smallest absolute Gasteiger partial charge is 0.357 e. The molecule has 0 bridgehead atoms. The summed E-state index contributed by atoms with van der Waals surface area (Å²) in [6, 6.07) is 8.57. The molecule has 6 nitrogen and oxygen atoms in total. The highest BCUT2D eigenvalue weighted by molar-refractivity contribution is 7.58. The third kappa shape index (κ3) is 3.47. The molecule has 120 valence electrons. The summed E-state index contributed by atoms with van der Waals surface area (Å²) in [7, 11) is -3.62. The summed E-state index contributed by atoms with van der Waals surface area (Å²) >= 11 is 0. The van der Waals surface area contributed by atoms with E-state index in [0.29, 0.717) is 5.56 Å². The number of aliphatic hydroxyl groups is 1. The Morgan fingerprint density at radius 2 is 1.95 bits per heavy atom. The number of hydrogen-bond donors (Lipinski definition) is 1. The van der Waals surface area contributed by atoms with Crippen LogP contribution < -0.4 is 0 Å². The zero-order chi connectivity index (χ0) is 16.2. The highest BCUT2D eigenvalue weighted by Crippen LogP contribution is 2.62. The van der Waals surface area contributed by atoms with E-state index in [1.165, 1.54) is 0 Å². The first-order valence-corrected chi connectivity index (χ1v) is 8.52. The molecule has 1 aliphatic rings. The second-order valence-corrected chi connectivity index (χ2v) is 6.83. The lowest BCUT2D eigenvalue weighted by Crippen LogP contribution is -2.26. The summed E-state index contributed by atoms with van der Waals surface area (Å²) in [6.07, 6.45) is -1.24. The molecular weight excluding hydrogens is 307 g/mol. The van der Waals surface area contributed by atoms with Gasteiger partial charge in [-0.05, 0) is 12.5 Å². The van der Waals surface area contributed by atoms with Crippen molar-refractivity contribution in [1.82, 2.24) is 0 Å². The molecule has 0 aromatic heterocycles. The van der Waals surface area contributed by atoms with Gasteiger partial charge in [0.1, 0.15) is 5.92 Å². The molecular formula is C15H19O6P. The van der Waals surface area contributed by atoms with E-state index >= 15 is 0 Å². The van der Waals surface area contributed by atoms with E-state index in [9.17, 15) is 14.5 Å². The van der Waals surface area contributed by atoms with Crippen LogP contribution in [0.5, 0.6) is 0 Å². The number of ether oxygens (including phenoxy) is 1. The van der Waals surface area contributed by atoms with Gasteiger partial charge in [-0.1, -0.05) is 36.9 Å². The molecule has 1 aromatic carbocycles. The largest absolute Gasteiger partial charge is 0.465 e. The molecule has 0 radical (unpaired) electrons. The molecule has 2 rings (SSSR count). The van der Waals surface area contributed by atoms with Gasteiger partial charge < -0.3 is 18.9 Å². The van der Waals surface area contributed by atoms with Crippen molar-refractivity contribution in [2.75, 3.05) is 19.8 Å². The Kier molecular flexibility index (Phi) is 5.53. The van der Waals surface area contributed by atoms with Crippen LogP contribution in [0.2, 0.25) is 0 Å². The predicted molar refractivity (Wildman–Crippen MR) is 80.2 cm³/mol. The summed E-state index contributed by atoms with van der Waals surface area (Å²) in [5.41, 5.74) is 0.493. The first kappa shape index (κ1) is 16.9. The van der Waals surface area contributed by atoms with Crippen LogP contribution in [0.25, 0.3) is 0 Å². The lowest BCUT2D eigenvalue weighted by atomic mass is 9.95. The van der Waals surface area contributed by atoms with Crippen molar-refractivity contribution in [3.05, 3.63) is 47.8 Å². The fourth-order valence-corrected chi connectivity index (χ4v) is 3.83. The van der Waals surface area contributed by atoms with Gasteiger partial charge in [0.15, 0.2) is 0 Å². The molecule has 0 saturated carbocycles. The van der Waals surface area contributed by atoms with E-state index in [1.807, 2.05) is 0 Å². The van der Waals surface area contributed by atoms with Crippen molar-refractivity contribution in [1.29, 1.82) is 0 Å². The summed E-state index contributed by atoms with van der Waals surface area (Å²) in [4.78, 5) is 12.2. The Morgan fingerprint density at radius 1 is 1.36 bits per heavy atom. The zero-order valence-corrected chi connectivity index (χ0v) is 13.2. The van der Waals surface area contributed by atoms with Crippen LogP contribution in [0.4, 0.5) is 0 Å². The quantitative estimate of drug-likeness (QED) is 0.639. The van der Waals surface area contributed by atoms with Crippen LogP contribution in [-0.2, 0) is 23.1 Å². The molecule has 1 fully saturated rings. The van der Waals surface area contributed by atoms with Crippen LogP contribution >= 0.6 is 7.60 Å². The highest BCUT2D eigenvalue weighted by Gasteiger charge is 2.44. The molecule has 1 aromatic rings. The van der Waals surface area contributed by atoms with Crippen LogP contribution in [0, 0.1) is 5.92 Å². The molecule has 0 amide bonds. The molecule has 0 aliphatic carbocycles. The van der Waals surface area contributed by atoms with Crippen molar-refractivity contribution >= 4 is 13.6 Å². The molecule has 0 spiro atoms. The number of aliphatic hydroxyl groups excluding tert-OH is 1. The number of carbonyl (C=O) groups is 1. The van der Waals surface area contributed by atoms with Gasteiger partial charge in [-0.25, -0.2) is 0 Å². The standard InChI is InChI=1S/C15H19O6P/c1-3-19-15(17)13(11(2)22(18)20-9-10-21-22)14(16)12-7-5-4-6-8-12/h4-8,13-14,16H,2-3,9-10H2,1H3. The lowest BCUT2D eigenvalue weighted by molar-refractivity contribution is -0.150. The van der Waals surface area contributed by atoms with Crippen molar-refractivity contribution < 1.29 is 28.3 Å². The molecule has 1 aliphatic heterocycles. The normalized spacial score (nSPS) is 19.4. The number of rotatable bonds is 6. The Balaban J connectivity index is 2.32. The van der Waals surface area contributed by atoms with Gasteiger partial charge in [0.05, 0.1) is 31.2 Å². The van der Waals surface area contributed by atoms with Crippen LogP contribution in [-0.4, -0.2) is 30.9 Å². The maximum atomic E-state index is 12.5. The van der Waals surface area contributed by atoms with E-state index in [1.54, 1.807) is 37.3 Å². The number of hydrogen-bond acceptors (Lipinski definition) is 6. The molecule has 1 saturated heterocycles. The second kappa shape index (κ2) is 7.20. The third-order valence-corrected chi connectivity index (χ3v) is 5.34. The minimum atomic E-state index is -3.62. The minimum Gasteiger partial charge on any atom is -0.465 e. The van der Waals surface area contributed by atoms with Crippen molar-refractivity contribution in [3.63, 3.8) is 0 Å². The fourth-order valence-electron chi connectivity index (χ4n) is 2.21. The van der Waals surface area contributed by atoms with E-state index in [4.69, 9.17) is 13.8 Å². The monoisotopic (exact) mass is 326 g/mol. The van der Waals surface area contributed by atoms with Crippen LogP contribution in [0.3, 0.4) is 0 Å². The molecule has 22 heavy (non-hydrogen) atoms. The van der Waals surface area contributed by atoms with E-state index < -0.39 is 25.6 Å². The van der Waals surface area contributed by atoms with Crippen molar-refractivity contribution in [2.45, 2.75) is 13.0 Å². The Morgan fingerprint density at radius 3 is 2.50 bits per heavy atom. The number of benzene rings is 1. The van der Waals surface area contributed by atoms with Gasteiger partial charge in [-0.2, -0.15) is 0 Å². The van der Waals surface area contributed by atoms with Gasteiger partial charge in [0.2, 0.25) is 0 Å². The average molecular weight is 326 g/mol. The topological polar surface area (TPSA) is 82.1 Å². The summed E-state index contributed by atoms with van der Waals surface area (Å²) < 4.78 is 27.7. The van der Waals surface area contributed by atoms with Gasteiger partial charge in [0, 0.05) is 0 Å². The van der Waals surface area contributed by atoms with Crippen molar-refractivity contribution in [2.24, 2.45) is 5.92 Å². The highest BCUT2D eigenvalue weighted by atomic mass is 31.2. The van der Waals surface area contributed by atoms with E-state index in [-0.39, 0.29) is 25.1 Å². The van der Waals surface area contributed by atoms with E-state index in [0.717, 1.165) is 0 Å². The SMILES string of the molecule is C=C(C(C(=O)OCC)C(O)c1ccccc1)P1(=O)OCCO1. The molecule has 1 heterocycles. The molecule has 1 N–H and O–H groups in total. The average Bonchev–Trinajstić information content (AvgIpc) is 2.96. The maximum absolute atomic E-state index is 12.5. The molecule has 2 atom stereocenters. The first-order valence-electron chi connectivity index (χ1n) is 6.97. The van der Waals surface area contributed by atoms with Gasteiger partial charge in [-0.15, -0.1) is 0 Å². The summed E-state index contributed by atoms with van der Waals surface area (Å²) in [5, 5.41) is 10.4. The third-order valence-electron chi connectivity index (χ3n) is 3.31. The van der Waals surface area contributed by atoms with Crippen molar-refractivity contribution in [3.8, 4) is 0 Å².